The summed E-state index contributed by atoms with van der Waals surface area (Å²) < 4.78 is 13.8. The molecule has 0 aliphatic carbocycles. The standard InChI is InChI=1S/C6H14N2OS/c1-2-10(9)8-5-6-3-7-4-6/h6-8H,2-5H2,1H3. The van der Waals surface area contributed by atoms with Gasteiger partial charge in [0.05, 0.1) is 11.0 Å². The molecule has 1 aliphatic rings. The molecule has 0 saturated carbocycles. The first-order valence-corrected chi connectivity index (χ1v) is 4.97. The number of rotatable bonds is 4. The molecule has 0 aromatic rings. The zero-order valence-corrected chi connectivity index (χ0v) is 7.04. The molecule has 4 heteroatoms. The Kier molecular flexibility index (Phi) is 3.31. The lowest BCUT2D eigenvalue weighted by Crippen LogP contribution is -2.47. The molecule has 2 N–H and O–H groups in total. The Morgan fingerprint density at radius 3 is 2.80 bits per heavy atom. The maximum Gasteiger partial charge on any atom is 0.0912 e. The highest BCUT2D eigenvalue weighted by atomic mass is 32.2. The molecule has 60 valence electrons. The topological polar surface area (TPSA) is 41.1 Å². The van der Waals surface area contributed by atoms with Crippen LogP contribution in [0.4, 0.5) is 0 Å². The molecule has 0 radical (unpaired) electrons. The fourth-order valence-electron chi connectivity index (χ4n) is 0.806. The molecule has 1 atom stereocenters. The SMILES string of the molecule is CCS(=O)NCC1CNC1. The second-order valence-corrected chi connectivity index (χ2v) is 4.06. The van der Waals surface area contributed by atoms with Gasteiger partial charge in [0.1, 0.15) is 0 Å². The molecule has 0 amide bonds. The van der Waals surface area contributed by atoms with Crippen LogP contribution in [-0.4, -0.2) is 29.6 Å². The third-order valence-electron chi connectivity index (χ3n) is 1.66. The van der Waals surface area contributed by atoms with E-state index in [2.05, 4.69) is 10.0 Å². The van der Waals surface area contributed by atoms with E-state index in [9.17, 15) is 4.21 Å². The lowest BCUT2D eigenvalue weighted by atomic mass is 10.1. The van der Waals surface area contributed by atoms with Crippen molar-refractivity contribution in [3.05, 3.63) is 0 Å². The van der Waals surface area contributed by atoms with E-state index < -0.39 is 11.0 Å². The molecule has 0 bridgehead atoms. The predicted octanol–water partition coefficient (Wildman–Crippen LogP) is -0.521. The van der Waals surface area contributed by atoms with Gasteiger partial charge in [-0.05, 0) is 5.92 Å². The minimum absolute atomic E-state index is 0.704. The summed E-state index contributed by atoms with van der Waals surface area (Å²) in [6.07, 6.45) is 0. The van der Waals surface area contributed by atoms with Crippen molar-refractivity contribution in [2.45, 2.75) is 6.92 Å². The van der Waals surface area contributed by atoms with Crippen molar-refractivity contribution in [1.82, 2.24) is 10.0 Å². The summed E-state index contributed by atoms with van der Waals surface area (Å²) in [4.78, 5) is 0. The van der Waals surface area contributed by atoms with Gasteiger partial charge in [-0.1, -0.05) is 6.92 Å². The number of hydrogen-bond acceptors (Lipinski definition) is 2. The van der Waals surface area contributed by atoms with Crippen molar-refractivity contribution in [2.75, 3.05) is 25.4 Å². The monoisotopic (exact) mass is 162 g/mol. The smallest absolute Gasteiger partial charge is 0.0912 e. The van der Waals surface area contributed by atoms with Gasteiger partial charge in [-0.2, -0.15) is 0 Å². The van der Waals surface area contributed by atoms with E-state index in [0.29, 0.717) is 11.7 Å². The molecule has 0 aromatic carbocycles. The maximum absolute atomic E-state index is 10.8. The molecular formula is C6H14N2OS. The van der Waals surface area contributed by atoms with Crippen molar-refractivity contribution in [3.63, 3.8) is 0 Å². The predicted molar refractivity (Wildman–Crippen MR) is 43.0 cm³/mol. The van der Waals surface area contributed by atoms with Crippen molar-refractivity contribution in [1.29, 1.82) is 0 Å². The zero-order valence-electron chi connectivity index (χ0n) is 6.22. The molecular weight excluding hydrogens is 148 g/mol. The molecule has 1 unspecified atom stereocenters. The number of nitrogens with one attached hydrogen (secondary N) is 2. The summed E-state index contributed by atoms with van der Waals surface area (Å²) in [7, 11) is -0.793. The fourth-order valence-corrected chi connectivity index (χ4v) is 1.43. The summed E-state index contributed by atoms with van der Waals surface area (Å²) in [5.74, 6) is 1.41. The largest absolute Gasteiger partial charge is 0.316 e. The van der Waals surface area contributed by atoms with Crippen LogP contribution in [0.2, 0.25) is 0 Å². The van der Waals surface area contributed by atoms with E-state index in [1.807, 2.05) is 6.92 Å². The molecule has 1 aliphatic heterocycles. The van der Waals surface area contributed by atoms with Crippen LogP contribution in [-0.2, 0) is 11.0 Å². The Labute approximate surface area is 64.2 Å². The third kappa shape index (κ3) is 2.36. The van der Waals surface area contributed by atoms with Crippen molar-refractivity contribution < 1.29 is 4.21 Å². The van der Waals surface area contributed by atoms with Gasteiger partial charge in [0, 0.05) is 25.4 Å². The fraction of sp³-hybridized carbons (Fsp3) is 1.00. The normalized spacial score (nSPS) is 22.1. The van der Waals surface area contributed by atoms with E-state index in [4.69, 9.17) is 0 Å². The Bertz CT molecular complexity index is 125. The van der Waals surface area contributed by atoms with E-state index in [0.717, 1.165) is 19.6 Å². The van der Waals surface area contributed by atoms with Crippen LogP contribution in [0.5, 0.6) is 0 Å². The van der Waals surface area contributed by atoms with Crippen molar-refractivity contribution >= 4 is 11.0 Å². The molecule has 1 heterocycles. The van der Waals surface area contributed by atoms with Crippen LogP contribution >= 0.6 is 0 Å². The number of hydrogen-bond donors (Lipinski definition) is 2. The van der Waals surface area contributed by atoms with Crippen molar-refractivity contribution in [2.24, 2.45) is 5.92 Å². The summed E-state index contributed by atoms with van der Waals surface area (Å²) in [5, 5.41) is 3.16. The first-order chi connectivity index (χ1) is 4.83. The second kappa shape index (κ2) is 4.05. The molecule has 0 aromatic heterocycles. The van der Waals surface area contributed by atoms with Gasteiger partial charge in [0.25, 0.3) is 0 Å². The van der Waals surface area contributed by atoms with Gasteiger partial charge in [-0.15, -0.1) is 0 Å². The molecule has 1 fully saturated rings. The first kappa shape index (κ1) is 8.17. The highest BCUT2D eigenvalue weighted by Gasteiger charge is 2.16. The zero-order chi connectivity index (χ0) is 7.40. The molecule has 0 spiro atoms. The third-order valence-corrected chi connectivity index (χ3v) is 2.67. The van der Waals surface area contributed by atoms with Gasteiger partial charge in [-0.25, -0.2) is 8.93 Å². The molecule has 10 heavy (non-hydrogen) atoms. The van der Waals surface area contributed by atoms with Crippen LogP contribution in [0.25, 0.3) is 0 Å². The summed E-state index contributed by atoms with van der Waals surface area (Å²) in [5.41, 5.74) is 0. The Balaban J connectivity index is 1.98. The van der Waals surface area contributed by atoms with Crippen LogP contribution in [0.15, 0.2) is 0 Å². The summed E-state index contributed by atoms with van der Waals surface area (Å²) in [6, 6.07) is 0. The summed E-state index contributed by atoms with van der Waals surface area (Å²) in [6.45, 7) is 4.97. The van der Waals surface area contributed by atoms with E-state index in [1.165, 1.54) is 0 Å². The van der Waals surface area contributed by atoms with Gasteiger partial charge in [-0.3, -0.25) is 0 Å². The van der Waals surface area contributed by atoms with Crippen LogP contribution < -0.4 is 10.0 Å². The summed E-state index contributed by atoms with van der Waals surface area (Å²) >= 11 is 0. The lowest BCUT2D eigenvalue weighted by Gasteiger charge is -2.26. The Morgan fingerprint density at radius 2 is 2.40 bits per heavy atom. The van der Waals surface area contributed by atoms with Gasteiger partial charge in [0.15, 0.2) is 0 Å². The van der Waals surface area contributed by atoms with Gasteiger partial charge in [0.2, 0.25) is 0 Å². The first-order valence-electron chi connectivity index (χ1n) is 3.65. The van der Waals surface area contributed by atoms with Crippen LogP contribution in [0.1, 0.15) is 6.92 Å². The van der Waals surface area contributed by atoms with Gasteiger partial charge >= 0.3 is 0 Å². The van der Waals surface area contributed by atoms with Crippen LogP contribution in [0.3, 0.4) is 0 Å². The molecule has 1 rings (SSSR count). The van der Waals surface area contributed by atoms with E-state index >= 15 is 0 Å². The Hall–Kier alpha value is 0.0700. The average Bonchev–Trinajstić information content (AvgIpc) is 1.84. The minimum Gasteiger partial charge on any atom is -0.316 e. The quantitative estimate of drug-likeness (QED) is 0.584. The van der Waals surface area contributed by atoms with Crippen molar-refractivity contribution in [3.8, 4) is 0 Å². The second-order valence-electron chi connectivity index (χ2n) is 2.51. The highest BCUT2D eigenvalue weighted by Crippen LogP contribution is 1.99. The maximum atomic E-state index is 10.8. The van der Waals surface area contributed by atoms with Gasteiger partial charge < -0.3 is 5.32 Å². The highest BCUT2D eigenvalue weighted by molar-refractivity contribution is 7.82. The minimum atomic E-state index is -0.793. The van der Waals surface area contributed by atoms with E-state index in [1.54, 1.807) is 0 Å². The van der Waals surface area contributed by atoms with E-state index in [-0.39, 0.29) is 0 Å². The Morgan fingerprint density at radius 1 is 1.70 bits per heavy atom. The molecule has 3 nitrogen and oxygen atoms in total. The molecule has 1 saturated heterocycles. The van der Waals surface area contributed by atoms with Crippen LogP contribution in [0, 0.1) is 5.92 Å². The average molecular weight is 162 g/mol. The lowest BCUT2D eigenvalue weighted by molar-refractivity contribution is 0.349.